The Bertz CT molecular complexity index is 642. The molecule has 20 heavy (non-hydrogen) atoms. The van der Waals surface area contributed by atoms with E-state index in [9.17, 15) is 10.1 Å². The van der Waals surface area contributed by atoms with Crippen LogP contribution in [-0.4, -0.2) is 9.91 Å². The van der Waals surface area contributed by atoms with Crippen molar-refractivity contribution in [1.29, 1.82) is 0 Å². The minimum atomic E-state index is -0.394. The molecule has 0 saturated carbocycles. The van der Waals surface area contributed by atoms with Crippen LogP contribution in [0.25, 0.3) is 0 Å². The van der Waals surface area contributed by atoms with Crippen LogP contribution in [0.5, 0.6) is 5.75 Å². The van der Waals surface area contributed by atoms with Crippen molar-refractivity contribution in [2.24, 2.45) is 0 Å². The van der Waals surface area contributed by atoms with E-state index in [2.05, 4.69) is 4.98 Å². The van der Waals surface area contributed by atoms with Gasteiger partial charge in [0.05, 0.1) is 4.92 Å². The maximum Gasteiger partial charge on any atom is 0.272 e. The summed E-state index contributed by atoms with van der Waals surface area (Å²) in [5, 5.41) is 11.3. The monoisotopic (exact) mass is 292 g/mol. The van der Waals surface area contributed by atoms with Gasteiger partial charge in [-0.05, 0) is 31.5 Å². The van der Waals surface area contributed by atoms with Crippen LogP contribution >= 0.6 is 11.6 Å². The van der Waals surface area contributed by atoms with E-state index >= 15 is 0 Å². The molecular formula is C14H13ClN2O3. The Morgan fingerprint density at radius 3 is 2.65 bits per heavy atom. The Kier molecular flexibility index (Phi) is 4.20. The molecule has 0 aliphatic carbocycles. The Morgan fingerprint density at radius 1 is 1.30 bits per heavy atom. The largest absolute Gasteiger partial charge is 0.489 e. The summed E-state index contributed by atoms with van der Waals surface area (Å²) >= 11 is 5.71. The fraction of sp³-hybridized carbons (Fsp3) is 0.214. The molecule has 0 unspecified atom stereocenters. The van der Waals surface area contributed by atoms with Crippen LogP contribution in [0.3, 0.4) is 0 Å². The van der Waals surface area contributed by atoms with E-state index in [1.807, 2.05) is 6.07 Å². The Morgan fingerprint density at radius 2 is 2.05 bits per heavy atom. The summed E-state index contributed by atoms with van der Waals surface area (Å²) in [7, 11) is 0. The molecule has 0 amide bonds. The van der Waals surface area contributed by atoms with Gasteiger partial charge in [-0.15, -0.1) is 0 Å². The van der Waals surface area contributed by atoms with Gasteiger partial charge in [0.15, 0.2) is 0 Å². The standard InChI is InChI=1S/C14H13ClN2O3/c1-9-6-13(10(2)5-12(9)17(18)19)20-8-11-3-4-14(15)16-7-11/h3-7H,8H2,1-2H3. The SMILES string of the molecule is Cc1cc([N+](=O)[O-])c(C)cc1OCc1ccc(Cl)nc1. The summed E-state index contributed by atoms with van der Waals surface area (Å²) in [6.07, 6.45) is 1.63. The lowest BCUT2D eigenvalue weighted by atomic mass is 10.1. The number of aromatic nitrogens is 1. The number of aryl methyl sites for hydroxylation is 2. The molecule has 1 aromatic heterocycles. The first-order valence-corrected chi connectivity index (χ1v) is 6.34. The van der Waals surface area contributed by atoms with Crippen molar-refractivity contribution in [1.82, 2.24) is 4.98 Å². The van der Waals surface area contributed by atoms with Crippen LogP contribution in [-0.2, 0) is 6.61 Å². The van der Waals surface area contributed by atoms with Gasteiger partial charge in [-0.25, -0.2) is 4.98 Å². The minimum absolute atomic E-state index is 0.100. The Balaban J connectivity index is 2.16. The van der Waals surface area contributed by atoms with Crippen LogP contribution in [0.2, 0.25) is 5.15 Å². The van der Waals surface area contributed by atoms with Gasteiger partial charge >= 0.3 is 0 Å². The normalized spacial score (nSPS) is 10.3. The molecule has 0 spiro atoms. The number of rotatable bonds is 4. The maximum absolute atomic E-state index is 10.8. The zero-order chi connectivity index (χ0) is 14.7. The predicted molar refractivity (Wildman–Crippen MR) is 76.1 cm³/mol. The van der Waals surface area contributed by atoms with Gasteiger partial charge in [-0.3, -0.25) is 10.1 Å². The molecule has 2 aromatic rings. The Hall–Kier alpha value is -2.14. The molecule has 0 aliphatic heterocycles. The number of nitro groups is 1. The first-order chi connectivity index (χ1) is 9.47. The molecule has 1 heterocycles. The topological polar surface area (TPSA) is 65.3 Å². The van der Waals surface area contributed by atoms with Crippen molar-refractivity contribution in [3.63, 3.8) is 0 Å². The number of hydrogen-bond acceptors (Lipinski definition) is 4. The summed E-state index contributed by atoms with van der Waals surface area (Å²) in [5.74, 6) is 0.628. The van der Waals surface area contributed by atoms with Crippen molar-refractivity contribution in [2.45, 2.75) is 20.5 Å². The fourth-order valence-corrected chi connectivity index (χ4v) is 1.89. The van der Waals surface area contributed by atoms with Gasteiger partial charge in [-0.1, -0.05) is 17.7 Å². The van der Waals surface area contributed by atoms with Gasteiger partial charge in [0.25, 0.3) is 5.69 Å². The fourth-order valence-electron chi connectivity index (χ4n) is 1.78. The second kappa shape index (κ2) is 5.88. The van der Waals surface area contributed by atoms with E-state index in [4.69, 9.17) is 16.3 Å². The lowest BCUT2D eigenvalue weighted by molar-refractivity contribution is -0.385. The van der Waals surface area contributed by atoms with Gasteiger partial charge in [0.2, 0.25) is 0 Å². The van der Waals surface area contributed by atoms with E-state index in [1.54, 1.807) is 32.2 Å². The number of benzene rings is 1. The molecule has 1 aromatic carbocycles. The molecule has 2 rings (SSSR count). The minimum Gasteiger partial charge on any atom is -0.489 e. The Labute approximate surface area is 121 Å². The van der Waals surface area contributed by atoms with Gasteiger partial charge < -0.3 is 4.74 Å². The third-order valence-electron chi connectivity index (χ3n) is 2.87. The van der Waals surface area contributed by atoms with Crippen molar-refractivity contribution in [3.05, 3.63) is 62.4 Å². The molecule has 0 radical (unpaired) electrons. The molecule has 0 aliphatic rings. The van der Waals surface area contributed by atoms with Crippen LogP contribution in [0, 0.1) is 24.0 Å². The van der Waals surface area contributed by atoms with Crippen molar-refractivity contribution in [3.8, 4) is 5.75 Å². The van der Waals surface area contributed by atoms with Crippen LogP contribution in [0.1, 0.15) is 16.7 Å². The van der Waals surface area contributed by atoms with Gasteiger partial charge in [-0.2, -0.15) is 0 Å². The second-order valence-corrected chi connectivity index (χ2v) is 4.83. The summed E-state index contributed by atoms with van der Waals surface area (Å²) in [6, 6.07) is 6.71. The first kappa shape index (κ1) is 14.3. The zero-order valence-corrected chi connectivity index (χ0v) is 11.8. The molecule has 6 heteroatoms. The molecule has 5 nitrogen and oxygen atoms in total. The second-order valence-electron chi connectivity index (χ2n) is 4.44. The highest BCUT2D eigenvalue weighted by molar-refractivity contribution is 6.29. The highest BCUT2D eigenvalue weighted by Crippen LogP contribution is 2.28. The number of ether oxygens (including phenoxy) is 1. The van der Waals surface area contributed by atoms with E-state index in [1.165, 1.54) is 6.07 Å². The average Bonchev–Trinajstić information content (AvgIpc) is 2.41. The number of nitro benzene ring substituents is 1. The highest BCUT2D eigenvalue weighted by Gasteiger charge is 2.14. The summed E-state index contributed by atoms with van der Waals surface area (Å²) < 4.78 is 5.67. The van der Waals surface area contributed by atoms with Crippen LogP contribution < -0.4 is 4.74 Å². The van der Waals surface area contributed by atoms with Crippen LogP contribution in [0.4, 0.5) is 5.69 Å². The zero-order valence-electron chi connectivity index (χ0n) is 11.1. The summed E-state index contributed by atoms with van der Waals surface area (Å²) in [5.41, 5.74) is 2.28. The highest BCUT2D eigenvalue weighted by atomic mass is 35.5. The lowest BCUT2D eigenvalue weighted by Crippen LogP contribution is -2.00. The lowest BCUT2D eigenvalue weighted by Gasteiger charge is -2.10. The van der Waals surface area contributed by atoms with Crippen LogP contribution in [0.15, 0.2) is 30.5 Å². The van der Waals surface area contributed by atoms with E-state index in [0.717, 1.165) is 11.1 Å². The molecule has 0 N–H and O–H groups in total. The van der Waals surface area contributed by atoms with Gasteiger partial charge in [0, 0.05) is 23.4 Å². The molecular weight excluding hydrogens is 280 g/mol. The summed E-state index contributed by atoms with van der Waals surface area (Å²) in [6.45, 7) is 3.80. The molecule has 0 atom stereocenters. The third-order valence-corrected chi connectivity index (χ3v) is 3.10. The number of pyridine rings is 1. The number of halogens is 1. The van der Waals surface area contributed by atoms with Crippen molar-refractivity contribution >= 4 is 17.3 Å². The third kappa shape index (κ3) is 3.24. The number of nitrogens with zero attached hydrogens (tertiary/aromatic N) is 2. The first-order valence-electron chi connectivity index (χ1n) is 5.96. The summed E-state index contributed by atoms with van der Waals surface area (Å²) in [4.78, 5) is 14.4. The predicted octanol–water partition coefficient (Wildman–Crippen LogP) is 3.84. The average molecular weight is 293 g/mol. The molecule has 0 saturated heterocycles. The van der Waals surface area contributed by atoms with Crippen molar-refractivity contribution in [2.75, 3.05) is 0 Å². The van der Waals surface area contributed by atoms with E-state index in [-0.39, 0.29) is 5.69 Å². The van der Waals surface area contributed by atoms with E-state index in [0.29, 0.717) is 23.1 Å². The molecule has 0 fully saturated rings. The molecule has 104 valence electrons. The number of hydrogen-bond donors (Lipinski definition) is 0. The van der Waals surface area contributed by atoms with E-state index < -0.39 is 4.92 Å². The smallest absolute Gasteiger partial charge is 0.272 e. The molecule has 0 bridgehead atoms. The quantitative estimate of drug-likeness (QED) is 0.488. The maximum atomic E-state index is 10.8. The van der Waals surface area contributed by atoms with Gasteiger partial charge in [0.1, 0.15) is 17.5 Å². The van der Waals surface area contributed by atoms with Crippen molar-refractivity contribution < 1.29 is 9.66 Å².